The summed E-state index contributed by atoms with van der Waals surface area (Å²) in [5.74, 6) is 0.0687. The Kier molecular flexibility index (Phi) is 5.43. The van der Waals surface area contributed by atoms with Gasteiger partial charge in [-0.25, -0.2) is 4.98 Å². The summed E-state index contributed by atoms with van der Waals surface area (Å²) in [7, 11) is 11.3. The number of H-pyrrole nitrogens is 3. The van der Waals surface area contributed by atoms with Crippen molar-refractivity contribution in [2.24, 2.45) is 11.8 Å². The molecule has 2 amide bonds. The first kappa shape index (κ1) is 19.9. The van der Waals surface area contributed by atoms with Crippen molar-refractivity contribution in [3.05, 3.63) is 47.3 Å². The molecule has 1 aliphatic rings. The van der Waals surface area contributed by atoms with Gasteiger partial charge in [0.25, 0.3) is 11.8 Å². The first-order valence-electron chi connectivity index (χ1n) is 9.66. The van der Waals surface area contributed by atoms with Gasteiger partial charge in [0.05, 0.1) is 5.69 Å². The van der Waals surface area contributed by atoms with Gasteiger partial charge in [0, 0.05) is 18.8 Å². The van der Waals surface area contributed by atoms with Crippen molar-refractivity contribution in [2.75, 3.05) is 18.8 Å². The van der Waals surface area contributed by atoms with Gasteiger partial charge in [-0.2, -0.15) is 0 Å². The number of nitrogen functional groups attached to an aromatic ring is 1. The highest BCUT2D eigenvalue weighted by Gasteiger charge is 2.31. The largest absolute Gasteiger partial charge is 0.369 e. The number of anilines is 1. The fourth-order valence-corrected chi connectivity index (χ4v) is 3.85. The molecule has 3 aromatic rings. The Balaban J connectivity index is 1.43. The average Bonchev–Trinajstić information content (AvgIpc) is 3.42. The highest BCUT2D eigenvalue weighted by atomic mass is 16.2. The van der Waals surface area contributed by atoms with Crippen LogP contribution in [0.4, 0.5) is 5.95 Å². The molecule has 3 aromatic heterocycles. The monoisotopic (exact) mass is 401 g/mol. The van der Waals surface area contributed by atoms with Crippen LogP contribution in [0.1, 0.15) is 32.4 Å². The molecule has 4 rings (SSSR count). The average molecular weight is 401 g/mol. The van der Waals surface area contributed by atoms with E-state index in [1.165, 1.54) is 0 Å². The zero-order chi connectivity index (χ0) is 21.3. The number of nitrogens with two attached hydrogens (primary N) is 1. The van der Waals surface area contributed by atoms with Crippen molar-refractivity contribution >= 4 is 44.4 Å². The molecule has 0 unspecified atom stereocenters. The van der Waals surface area contributed by atoms with E-state index in [0.29, 0.717) is 54.2 Å². The van der Waals surface area contributed by atoms with Crippen molar-refractivity contribution in [3.63, 3.8) is 0 Å². The van der Waals surface area contributed by atoms with Crippen LogP contribution in [0.2, 0.25) is 0 Å². The van der Waals surface area contributed by atoms with Crippen LogP contribution in [0.5, 0.6) is 0 Å². The Morgan fingerprint density at radius 2 is 1.53 bits per heavy atom. The molecule has 2 atom stereocenters. The Hall–Kier alpha value is -3.36. The van der Waals surface area contributed by atoms with Crippen LogP contribution >= 0.6 is 0 Å². The minimum Gasteiger partial charge on any atom is -0.369 e. The first-order valence-corrected chi connectivity index (χ1v) is 9.66. The number of imidazole rings is 1. The van der Waals surface area contributed by atoms with Crippen molar-refractivity contribution in [3.8, 4) is 0 Å². The van der Waals surface area contributed by atoms with E-state index in [2.05, 4.69) is 30.6 Å². The maximum atomic E-state index is 12.4. The van der Waals surface area contributed by atoms with Gasteiger partial charge in [0.1, 0.15) is 27.1 Å². The molecule has 11 heteroatoms. The number of aromatic amines is 3. The molecule has 9 nitrogen and oxygen atoms in total. The topological polar surface area (TPSA) is 144 Å². The summed E-state index contributed by atoms with van der Waals surface area (Å²) in [5, 5.41) is 5.89. The third-order valence-electron chi connectivity index (χ3n) is 5.42. The second-order valence-electron chi connectivity index (χ2n) is 7.59. The number of aromatic nitrogens is 4. The molecule has 0 aliphatic heterocycles. The Morgan fingerprint density at radius 3 is 2.03 bits per heavy atom. The van der Waals surface area contributed by atoms with E-state index >= 15 is 0 Å². The minimum absolute atomic E-state index is 0.0745. The van der Waals surface area contributed by atoms with Crippen molar-refractivity contribution in [1.29, 1.82) is 0 Å². The van der Waals surface area contributed by atoms with Gasteiger partial charge in [0.15, 0.2) is 5.95 Å². The smallest absolute Gasteiger partial charge is 0.267 e. The lowest BCUT2D eigenvalue weighted by atomic mass is 9.79. The third-order valence-corrected chi connectivity index (χ3v) is 5.42. The molecule has 0 aromatic carbocycles. The number of nitrogens with zero attached hydrogens (tertiary/aromatic N) is 1. The predicted molar refractivity (Wildman–Crippen MR) is 114 cm³/mol. The van der Waals surface area contributed by atoms with Gasteiger partial charge in [-0.05, 0) is 49.2 Å². The Labute approximate surface area is 175 Å². The molecular formula is C19H21B2N7O2. The number of hydrogen-bond acceptors (Lipinski definition) is 4. The normalized spacial score (nSPS) is 18.0. The summed E-state index contributed by atoms with van der Waals surface area (Å²) >= 11 is 0. The lowest BCUT2D eigenvalue weighted by molar-refractivity contribution is 0.0911. The Morgan fingerprint density at radius 1 is 1.00 bits per heavy atom. The van der Waals surface area contributed by atoms with Crippen LogP contribution in [-0.4, -0.2) is 60.5 Å². The summed E-state index contributed by atoms with van der Waals surface area (Å²) in [6, 6.07) is 3.17. The summed E-state index contributed by atoms with van der Waals surface area (Å²) in [6.45, 7) is 0.867. The number of nitrogens with one attached hydrogen (secondary N) is 5. The lowest BCUT2D eigenvalue weighted by Crippen LogP contribution is -2.42. The van der Waals surface area contributed by atoms with E-state index in [9.17, 15) is 9.59 Å². The van der Waals surface area contributed by atoms with E-state index in [4.69, 9.17) is 21.4 Å². The molecule has 1 aliphatic carbocycles. The van der Waals surface area contributed by atoms with Crippen molar-refractivity contribution in [2.45, 2.75) is 12.8 Å². The number of carbonyl (C=O) groups excluding carboxylic acids is 2. The number of amides is 2. The van der Waals surface area contributed by atoms with Gasteiger partial charge >= 0.3 is 0 Å². The molecule has 0 bridgehead atoms. The van der Waals surface area contributed by atoms with Crippen LogP contribution in [0.3, 0.4) is 0 Å². The second-order valence-corrected chi connectivity index (χ2v) is 7.59. The third kappa shape index (κ3) is 4.29. The number of rotatable bonds is 6. The molecule has 0 saturated heterocycles. The van der Waals surface area contributed by atoms with Crippen LogP contribution in [-0.2, 0) is 12.8 Å². The summed E-state index contributed by atoms with van der Waals surface area (Å²) in [4.78, 5) is 37.9. The summed E-state index contributed by atoms with van der Waals surface area (Å²) in [6.07, 6.45) is 4.45. The zero-order valence-electron chi connectivity index (χ0n) is 16.3. The molecule has 30 heavy (non-hydrogen) atoms. The standard InChI is InChI=1S/C19H21B2N7O2/c20-11-3-15(23-7-11)17(29)25-5-9-1-13-14(28-19(22)27-13)2-10(9)6-26-18(30)16-4-12(21)8-24-16/h3-4,7-10,23-24H,1-2,5-6H2,(H,25,29)(H,26,30)(H3,22,27,28)/t9-,10-/m0/s1. The van der Waals surface area contributed by atoms with E-state index in [1.54, 1.807) is 24.5 Å². The van der Waals surface area contributed by atoms with Gasteiger partial charge in [0.2, 0.25) is 0 Å². The maximum Gasteiger partial charge on any atom is 0.267 e. The fraction of sp³-hybridized carbons (Fsp3) is 0.316. The highest BCUT2D eigenvalue weighted by molar-refractivity contribution is 6.33. The predicted octanol–water partition coefficient (Wildman–Crippen LogP) is -1.57. The van der Waals surface area contributed by atoms with Crippen LogP contribution in [0.15, 0.2) is 24.5 Å². The van der Waals surface area contributed by atoms with E-state index in [1.807, 2.05) is 0 Å². The molecule has 0 saturated carbocycles. The van der Waals surface area contributed by atoms with Gasteiger partial charge in [-0.15, -0.1) is 0 Å². The van der Waals surface area contributed by atoms with Crippen LogP contribution < -0.4 is 27.3 Å². The molecular weight excluding hydrogens is 380 g/mol. The van der Waals surface area contributed by atoms with Crippen LogP contribution in [0, 0.1) is 11.8 Å². The van der Waals surface area contributed by atoms with Crippen molar-refractivity contribution in [1.82, 2.24) is 30.6 Å². The van der Waals surface area contributed by atoms with E-state index in [-0.39, 0.29) is 23.7 Å². The molecule has 3 heterocycles. The summed E-state index contributed by atoms with van der Waals surface area (Å²) < 4.78 is 0. The highest BCUT2D eigenvalue weighted by Crippen LogP contribution is 2.29. The first-order chi connectivity index (χ1) is 14.4. The molecule has 0 spiro atoms. The number of hydrogen-bond donors (Lipinski definition) is 6. The molecule has 150 valence electrons. The van der Waals surface area contributed by atoms with E-state index < -0.39 is 0 Å². The quantitative estimate of drug-likeness (QED) is 0.277. The van der Waals surface area contributed by atoms with Crippen LogP contribution in [0.25, 0.3) is 0 Å². The van der Waals surface area contributed by atoms with Gasteiger partial charge in [-0.1, -0.05) is 10.9 Å². The SMILES string of the molecule is [B]c1c[nH]c(C(=O)NC[C@@H]2Cc3nc(N)[nH]c3C[C@H]2CNC(=O)c2cc([B])c[nH]2)c1. The zero-order valence-corrected chi connectivity index (χ0v) is 16.3. The van der Waals surface area contributed by atoms with E-state index in [0.717, 1.165) is 11.4 Å². The maximum absolute atomic E-state index is 12.4. The minimum atomic E-state index is -0.233. The Bertz CT molecular complexity index is 989. The lowest BCUT2D eigenvalue weighted by Gasteiger charge is -2.31. The fourth-order valence-electron chi connectivity index (χ4n) is 3.85. The van der Waals surface area contributed by atoms with Gasteiger partial charge in [-0.3, -0.25) is 9.59 Å². The molecule has 0 fully saturated rings. The molecule has 7 N–H and O–H groups in total. The van der Waals surface area contributed by atoms with Gasteiger partial charge < -0.3 is 31.3 Å². The number of fused-ring (bicyclic) bond motifs is 1. The second kappa shape index (κ2) is 8.17. The molecule has 4 radical (unpaired) electrons. The van der Waals surface area contributed by atoms with Crippen molar-refractivity contribution < 1.29 is 9.59 Å². The summed E-state index contributed by atoms with van der Waals surface area (Å²) in [5.41, 5.74) is 9.49. The number of carbonyl (C=O) groups is 2.